The van der Waals surface area contributed by atoms with Crippen LogP contribution in [0.4, 0.5) is 4.39 Å². The molecule has 1 aromatic heterocycles. The molecule has 0 saturated carbocycles. The molecule has 0 bridgehead atoms. The van der Waals surface area contributed by atoms with E-state index in [0.29, 0.717) is 36.3 Å². The number of aromatic nitrogens is 2. The van der Waals surface area contributed by atoms with Crippen LogP contribution in [0.25, 0.3) is 10.9 Å². The summed E-state index contributed by atoms with van der Waals surface area (Å²) in [6, 6.07) is 10.7. The Morgan fingerprint density at radius 2 is 1.69 bits per heavy atom. The summed E-state index contributed by atoms with van der Waals surface area (Å²) in [7, 11) is 1.29. The molecule has 10 nitrogen and oxygen atoms in total. The van der Waals surface area contributed by atoms with Gasteiger partial charge in [-0.05, 0) is 48.1 Å². The first-order valence-corrected chi connectivity index (χ1v) is 14.3. The van der Waals surface area contributed by atoms with E-state index in [2.05, 4.69) is 15.4 Å². The molecule has 1 heterocycles. The van der Waals surface area contributed by atoms with Crippen LogP contribution in [0, 0.1) is 11.2 Å². The van der Waals surface area contributed by atoms with E-state index >= 15 is 0 Å². The standard InChI is InChI=1S/C31H43FN6O4/c1-31(2,3)27(29(40)41-4)36-28(39)26-24-16-15-23(42-18-10-8-6-5-7-9-17-35-30(33)34)19-25(24)38(37-26)20-21-11-13-22(32)14-12-21/h11-16,19,27H,5-10,17-18,20H2,1-4H3,(H,36,39)(H4,33,34,35)/t27-/m1/s1. The van der Waals surface area contributed by atoms with Crippen molar-refractivity contribution in [2.45, 2.75) is 71.9 Å². The quantitative estimate of drug-likeness (QED) is 0.103. The van der Waals surface area contributed by atoms with Crippen LogP contribution in [-0.4, -0.2) is 53.9 Å². The summed E-state index contributed by atoms with van der Waals surface area (Å²) in [5.41, 5.74) is 11.8. The number of unbranched alkanes of at least 4 members (excludes halogenated alkanes) is 5. The average Bonchev–Trinajstić information content (AvgIpc) is 3.30. The zero-order valence-corrected chi connectivity index (χ0v) is 25.0. The number of carbonyl (C=O) groups is 2. The number of esters is 1. The van der Waals surface area contributed by atoms with Crippen molar-refractivity contribution in [3.63, 3.8) is 0 Å². The van der Waals surface area contributed by atoms with Crippen LogP contribution in [0.15, 0.2) is 47.5 Å². The SMILES string of the molecule is COC(=O)[C@@H](NC(=O)c1nn(Cc2ccc(F)cc2)c2cc(OCCCCCCCCN=C(N)N)ccc12)C(C)(C)C. The lowest BCUT2D eigenvalue weighted by Gasteiger charge is -2.28. The number of guanidine groups is 1. The van der Waals surface area contributed by atoms with Crippen molar-refractivity contribution < 1.29 is 23.5 Å². The molecule has 0 spiro atoms. The van der Waals surface area contributed by atoms with E-state index in [4.69, 9.17) is 20.9 Å². The molecular weight excluding hydrogens is 539 g/mol. The molecule has 1 atom stereocenters. The molecule has 5 N–H and O–H groups in total. The topological polar surface area (TPSA) is 147 Å². The maximum Gasteiger partial charge on any atom is 0.328 e. The molecule has 3 aromatic rings. The summed E-state index contributed by atoms with van der Waals surface area (Å²) >= 11 is 0. The van der Waals surface area contributed by atoms with Gasteiger partial charge in [-0.1, -0.05) is 58.6 Å². The summed E-state index contributed by atoms with van der Waals surface area (Å²) < 4.78 is 26.2. The van der Waals surface area contributed by atoms with E-state index in [1.807, 2.05) is 32.9 Å². The lowest BCUT2D eigenvalue weighted by atomic mass is 9.86. The number of rotatable bonds is 15. The number of methoxy groups -OCH3 is 1. The maximum atomic E-state index is 13.5. The highest BCUT2D eigenvalue weighted by Gasteiger charge is 2.35. The maximum absolute atomic E-state index is 13.5. The molecule has 0 fully saturated rings. The van der Waals surface area contributed by atoms with E-state index in [0.717, 1.165) is 44.1 Å². The number of fused-ring (bicyclic) bond motifs is 1. The molecule has 0 saturated heterocycles. The van der Waals surface area contributed by atoms with Gasteiger partial charge in [0.2, 0.25) is 0 Å². The second kappa shape index (κ2) is 15.2. The Morgan fingerprint density at radius 1 is 1.02 bits per heavy atom. The van der Waals surface area contributed by atoms with E-state index in [1.54, 1.807) is 22.9 Å². The average molecular weight is 583 g/mol. The Kier molecular flexibility index (Phi) is 11.7. The van der Waals surface area contributed by atoms with E-state index in [9.17, 15) is 14.0 Å². The molecule has 3 rings (SSSR count). The molecule has 0 radical (unpaired) electrons. The van der Waals surface area contributed by atoms with E-state index in [-0.39, 0.29) is 17.5 Å². The van der Waals surface area contributed by atoms with Crippen LogP contribution in [0.2, 0.25) is 0 Å². The Hall–Kier alpha value is -4.15. The number of nitrogens with one attached hydrogen (secondary N) is 1. The predicted molar refractivity (Wildman–Crippen MR) is 162 cm³/mol. The monoisotopic (exact) mass is 582 g/mol. The zero-order valence-electron chi connectivity index (χ0n) is 25.0. The number of ether oxygens (including phenoxy) is 2. The normalized spacial score (nSPS) is 12.1. The van der Waals surface area contributed by atoms with Gasteiger partial charge in [0.1, 0.15) is 17.6 Å². The summed E-state index contributed by atoms with van der Waals surface area (Å²) in [6.07, 6.45) is 6.24. The fourth-order valence-electron chi connectivity index (χ4n) is 4.56. The van der Waals surface area contributed by atoms with Gasteiger partial charge in [0, 0.05) is 18.0 Å². The highest BCUT2D eigenvalue weighted by molar-refractivity contribution is 6.06. The van der Waals surface area contributed by atoms with Gasteiger partial charge >= 0.3 is 5.97 Å². The van der Waals surface area contributed by atoms with Crippen LogP contribution in [0.5, 0.6) is 5.75 Å². The van der Waals surface area contributed by atoms with Gasteiger partial charge in [-0.25, -0.2) is 9.18 Å². The molecule has 228 valence electrons. The number of nitrogens with zero attached hydrogens (tertiary/aromatic N) is 3. The highest BCUT2D eigenvalue weighted by Crippen LogP contribution is 2.27. The van der Waals surface area contributed by atoms with E-state index < -0.39 is 23.3 Å². The van der Waals surface area contributed by atoms with Gasteiger partial charge < -0.3 is 26.3 Å². The van der Waals surface area contributed by atoms with Crippen molar-refractivity contribution in [2.75, 3.05) is 20.3 Å². The lowest BCUT2D eigenvalue weighted by molar-refractivity contribution is -0.145. The Balaban J connectivity index is 1.72. The van der Waals surface area contributed by atoms with Gasteiger partial charge in [0.15, 0.2) is 11.7 Å². The number of hydrogen-bond donors (Lipinski definition) is 3. The minimum atomic E-state index is -0.867. The van der Waals surface area contributed by atoms with Crippen molar-refractivity contribution in [1.82, 2.24) is 15.1 Å². The van der Waals surface area contributed by atoms with Crippen LogP contribution in [0.1, 0.15) is 75.3 Å². The number of aliphatic imine (C=N–C) groups is 1. The summed E-state index contributed by atoms with van der Waals surface area (Å²) in [5.74, 6) is -0.561. The molecule has 0 aliphatic carbocycles. The zero-order chi connectivity index (χ0) is 30.7. The van der Waals surface area contributed by atoms with Crippen molar-refractivity contribution in [3.8, 4) is 5.75 Å². The van der Waals surface area contributed by atoms with Crippen LogP contribution < -0.4 is 21.5 Å². The third-order valence-electron chi connectivity index (χ3n) is 6.88. The first-order chi connectivity index (χ1) is 20.0. The molecule has 0 aliphatic heterocycles. The second-order valence-electron chi connectivity index (χ2n) is 11.4. The fraction of sp³-hybridized carbons (Fsp3) is 0.484. The van der Waals surface area contributed by atoms with Gasteiger partial charge in [-0.3, -0.25) is 14.5 Å². The molecule has 0 unspecified atom stereocenters. The minimum Gasteiger partial charge on any atom is -0.494 e. The largest absolute Gasteiger partial charge is 0.494 e. The minimum absolute atomic E-state index is 0.135. The van der Waals surface area contributed by atoms with Gasteiger partial charge in [0.05, 0.1) is 25.8 Å². The molecule has 1 amide bonds. The first kappa shape index (κ1) is 32.4. The number of hydrogen-bond acceptors (Lipinski definition) is 6. The molecular formula is C31H43FN6O4. The number of amides is 1. The van der Waals surface area contributed by atoms with Crippen molar-refractivity contribution in [3.05, 3.63) is 59.5 Å². The molecule has 2 aromatic carbocycles. The predicted octanol–water partition coefficient (Wildman–Crippen LogP) is 4.53. The molecule has 0 aliphatic rings. The number of nitrogens with two attached hydrogens (primary N) is 2. The number of halogens is 1. The molecule has 11 heteroatoms. The summed E-state index contributed by atoms with van der Waals surface area (Å²) in [6.45, 7) is 7.08. The summed E-state index contributed by atoms with van der Waals surface area (Å²) in [4.78, 5) is 29.8. The van der Waals surface area contributed by atoms with Crippen LogP contribution in [0.3, 0.4) is 0 Å². The third kappa shape index (κ3) is 9.46. The van der Waals surface area contributed by atoms with E-state index in [1.165, 1.54) is 19.2 Å². The fourth-order valence-corrected chi connectivity index (χ4v) is 4.56. The van der Waals surface area contributed by atoms with Gasteiger partial charge in [-0.15, -0.1) is 0 Å². The highest BCUT2D eigenvalue weighted by atomic mass is 19.1. The smallest absolute Gasteiger partial charge is 0.328 e. The van der Waals surface area contributed by atoms with Crippen molar-refractivity contribution in [2.24, 2.45) is 21.9 Å². The number of benzene rings is 2. The Bertz CT molecular complexity index is 1360. The second-order valence-corrected chi connectivity index (χ2v) is 11.4. The Labute approximate surface area is 246 Å². The number of carbonyl (C=O) groups excluding carboxylic acids is 2. The first-order valence-electron chi connectivity index (χ1n) is 14.3. The van der Waals surface area contributed by atoms with Crippen molar-refractivity contribution in [1.29, 1.82) is 0 Å². The lowest BCUT2D eigenvalue weighted by Crippen LogP contribution is -2.49. The van der Waals surface area contributed by atoms with Crippen LogP contribution in [-0.2, 0) is 16.1 Å². The summed E-state index contributed by atoms with van der Waals surface area (Å²) in [5, 5.41) is 8.02. The van der Waals surface area contributed by atoms with Gasteiger partial charge in [-0.2, -0.15) is 5.10 Å². The van der Waals surface area contributed by atoms with Gasteiger partial charge in [0.25, 0.3) is 5.91 Å². The van der Waals surface area contributed by atoms with Crippen LogP contribution >= 0.6 is 0 Å². The molecule has 42 heavy (non-hydrogen) atoms. The Morgan fingerprint density at radius 3 is 2.33 bits per heavy atom. The third-order valence-corrected chi connectivity index (χ3v) is 6.88. The van der Waals surface area contributed by atoms with Crippen molar-refractivity contribution >= 4 is 28.7 Å².